The van der Waals surface area contributed by atoms with Crippen LogP contribution in [0.25, 0.3) is 0 Å². The van der Waals surface area contributed by atoms with E-state index in [0.717, 1.165) is 30.2 Å². The summed E-state index contributed by atoms with van der Waals surface area (Å²) < 4.78 is 0. The number of nitrogens with zero attached hydrogens (tertiary/aromatic N) is 2. The van der Waals surface area contributed by atoms with Gasteiger partial charge >= 0.3 is 0 Å². The molecular weight excluding hydrogens is 272 g/mol. The van der Waals surface area contributed by atoms with Crippen molar-refractivity contribution in [3.8, 4) is 0 Å². The van der Waals surface area contributed by atoms with Crippen molar-refractivity contribution in [1.29, 1.82) is 0 Å². The van der Waals surface area contributed by atoms with Gasteiger partial charge in [0.25, 0.3) is 0 Å². The molecule has 1 aromatic heterocycles. The third kappa shape index (κ3) is 3.19. The second kappa shape index (κ2) is 6.37. The molecule has 0 amide bonds. The molecule has 0 unspecified atom stereocenters. The van der Waals surface area contributed by atoms with Crippen molar-refractivity contribution in [2.24, 2.45) is 0 Å². The average molecular weight is 291 g/mol. The van der Waals surface area contributed by atoms with Crippen molar-refractivity contribution in [2.75, 3.05) is 6.54 Å². The average Bonchev–Trinajstić information content (AvgIpc) is 2.91. The van der Waals surface area contributed by atoms with Gasteiger partial charge in [-0.05, 0) is 43.4 Å². The Morgan fingerprint density at radius 3 is 2.90 bits per heavy atom. The maximum Gasteiger partial charge on any atom is 0.137 e. The number of aryl methyl sites for hydroxylation is 1. The molecule has 0 aliphatic heterocycles. The highest BCUT2D eigenvalue weighted by Gasteiger charge is 2.30. The summed E-state index contributed by atoms with van der Waals surface area (Å²) in [5.74, 6) is 1.59. The molecule has 0 saturated heterocycles. The predicted molar refractivity (Wildman–Crippen MR) is 79.9 cm³/mol. The van der Waals surface area contributed by atoms with Crippen LogP contribution in [0, 0.1) is 0 Å². The summed E-state index contributed by atoms with van der Waals surface area (Å²) in [7, 11) is 0. The molecule has 0 bridgehead atoms. The normalized spacial score (nSPS) is 21.6. The molecule has 2 N–H and O–H groups in total. The second-order valence-corrected chi connectivity index (χ2v) is 5.78. The van der Waals surface area contributed by atoms with Crippen LogP contribution in [0.2, 0.25) is 5.02 Å². The number of benzene rings is 1. The van der Waals surface area contributed by atoms with Gasteiger partial charge in [-0.25, -0.2) is 4.98 Å². The molecule has 1 aromatic carbocycles. The van der Waals surface area contributed by atoms with Crippen LogP contribution in [0.5, 0.6) is 0 Å². The molecule has 0 spiro atoms. The Balaban J connectivity index is 1.35. The van der Waals surface area contributed by atoms with Gasteiger partial charge in [-0.3, -0.25) is 5.10 Å². The van der Waals surface area contributed by atoms with Crippen LogP contribution in [0.15, 0.2) is 30.6 Å². The lowest BCUT2D eigenvalue weighted by Gasteiger charge is -2.36. The van der Waals surface area contributed by atoms with Gasteiger partial charge in [-0.15, -0.1) is 0 Å². The molecule has 0 atom stereocenters. The maximum absolute atomic E-state index is 6.23. The quantitative estimate of drug-likeness (QED) is 0.804. The molecular formula is C15H19ClN4. The number of halogens is 1. The van der Waals surface area contributed by atoms with Gasteiger partial charge in [-0.2, -0.15) is 5.10 Å². The Morgan fingerprint density at radius 1 is 1.30 bits per heavy atom. The standard InChI is InChI=1S/C15H19ClN4/c16-14-5-2-1-4-13(14)11-8-12(9-11)17-7-3-6-15-18-10-19-20-15/h1-2,4-5,10-12,17H,3,6-9H2,(H,18,19,20). The molecule has 20 heavy (non-hydrogen) atoms. The topological polar surface area (TPSA) is 53.6 Å². The number of rotatable bonds is 6. The van der Waals surface area contributed by atoms with E-state index in [1.807, 2.05) is 12.1 Å². The van der Waals surface area contributed by atoms with Crippen LogP contribution in [-0.2, 0) is 6.42 Å². The zero-order chi connectivity index (χ0) is 13.8. The van der Waals surface area contributed by atoms with E-state index in [-0.39, 0.29) is 0 Å². The Kier molecular flexibility index (Phi) is 4.33. The molecule has 106 valence electrons. The molecule has 1 aliphatic rings. The minimum Gasteiger partial charge on any atom is -0.314 e. The highest BCUT2D eigenvalue weighted by Crippen LogP contribution is 2.39. The Labute approximate surface area is 124 Å². The van der Waals surface area contributed by atoms with Crippen LogP contribution in [-0.4, -0.2) is 27.8 Å². The summed E-state index contributed by atoms with van der Waals surface area (Å²) in [6.07, 6.45) is 5.97. The van der Waals surface area contributed by atoms with Gasteiger partial charge in [0.15, 0.2) is 0 Å². The largest absolute Gasteiger partial charge is 0.314 e. The van der Waals surface area contributed by atoms with E-state index in [2.05, 4.69) is 32.6 Å². The lowest BCUT2D eigenvalue weighted by atomic mass is 9.76. The fraction of sp³-hybridized carbons (Fsp3) is 0.467. The molecule has 1 fully saturated rings. The summed E-state index contributed by atoms with van der Waals surface area (Å²) in [5, 5.41) is 11.2. The second-order valence-electron chi connectivity index (χ2n) is 5.38. The molecule has 1 heterocycles. The van der Waals surface area contributed by atoms with Crippen LogP contribution in [0.4, 0.5) is 0 Å². The summed E-state index contributed by atoms with van der Waals surface area (Å²) in [6.45, 7) is 1.03. The summed E-state index contributed by atoms with van der Waals surface area (Å²) >= 11 is 6.23. The zero-order valence-electron chi connectivity index (χ0n) is 11.3. The molecule has 3 rings (SSSR count). The SMILES string of the molecule is Clc1ccccc1C1CC(NCCCc2ncn[nH]2)C1. The number of nitrogens with one attached hydrogen (secondary N) is 2. The minimum absolute atomic E-state index is 0.621. The third-order valence-corrected chi connectivity index (χ3v) is 4.32. The molecule has 4 nitrogen and oxygen atoms in total. The lowest BCUT2D eigenvalue weighted by molar-refractivity contribution is 0.290. The first kappa shape index (κ1) is 13.6. The monoisotopic (exact) mass is 290 g/mol. The van der Waals surface area contributed by atoms with Crippen molar-refractivity contribution in [1.82, 2.24) is 20.5 Å². The number of aromatic amines is 1. The van der Waals surface area contributed by atoms with Crippen molar-refractivity contribution in [2.45, 2.75) is 37.6 Å². The first-order chi connectivity index (χ1) is 9.83. The first-order valence-electron chi connectivity index (χ1n) is 7.15. The molecule has 2 aromatic rings. The van der Waals surface area contributed by atoms with Crippen LogP contribution < -0.4 is 5.32 Å². The molecule has 5 heteroatoms. The Morgan fingerprint density at radius 2 is 2.15 bits per heavy atom. The number of H-pyrrole nitrogens is 1. The first-order valence-corrected chi connectivity index (χ1v) is 7.53. The van der Waals surface area contributed by atoms with Crippen molar-refractivity contribution < 1.29 is 0 Å². The highest BCUT2D eigenvalue weighted by atomic mass is 35.5. The van der Waals surface area contributed by atoms with Gasteiger partial charge in [0.1, 0.15) is 12.2 Å². The van der Waals surface area contributed by atoms with E-state index in [4.69, 9.17) is 11.6 Å². The van der Waals surface area contributed by atoms with Gasteiger partial charge < -0.3 is 5.32 Å². The van der Waals surface area contributed by atoms with Crippen LogP contribution in [0.1, 0.15) is 36.6 Å². The molecule has 1 aliphatic carbocycles. The Hall–Kier alpha value is -1.39. The number of hydrogen-bond acceptors (Lipinski definition) is 3. The van der Waals surface area contributed by atoms with Crippen molar-refractivity contribution >= 4 is 11.6 Å². The van der Waals surface area contributed by atoms with Gasteiger partial charge in [-0.1, -0.05) is 29.8 Å². The van der Waals surface area contributed by atoms with E-state index in [1.54, 1.807) is 6.33 Å². The van der Waals surface area contributed by atoms with E-state index < -0.39 is 0 Å². The van der Waals surface area contributed by atoms with Crippen molar-refractivity contribution in [3.05, 3.63) is 47.0 Å². The summed E-state index contributed by atoms with van der Waals surface area (Å²) in [4.78, 5) is 4.12. The van der Waals surface area contributed by atoms with Crippen LogP contribution in [0.3, 0.4) is 0 Å². The van der Waals surface area contributed by atoms with E-state index in [9.17, 15) is 0 Å². The van der Waals surface area contributed by atoms with Gasteiger partial charge in [0, 0.05) is 17.5 Å². The fourth-order valence-electron chi connectivity index (χ4n) is 2.76. The smallest absolute Gasteiger partial charge is 0.137 e. The predicted octanol–water partition coefficient (Wildman–Crippen LogP) is 2.93. The van der Waals surface area contributed by atoms with E-state index in [1.165, 1.54) is 18.4 Å². The highest BCUT2D eigenvalue weighted by molar-refractivity contribution is 6.31. The third-order valence-electron chi connectivity index (χ3n) is 3.97. The number of hydrogen-bond donors (Lipinski definition) is 2. The minimum atomic E-state index is 0.621. The Bertz CT molecular complexity index is 535. The zero-order valence-corrected chi connectivity index (χ0v) is 12.1. The molecule has 0 radical (unpaired) electrons. The lowest BCUT2D eigenvalue weighted by Crippen LogP contribution is -2.40. The molecule has 1 saturated carbocycles. The van der Waals surface area contributed by atoms with E-state index in [0.29, 0.717) is 12.0 Å². The van der Waals surface area contributed by atoms with Crippen molar-refractivity contribution in [3.63, 3.8) is 0 Å². The van der Waals surface area contributed by atoms with E-state index >= 15 is 0 Å². The summed E-state index contributed by atoms with van der Waals surface area (Å²) in [5.41, 5.74) is 1.30. The number of aromatic nitrogens is 3. The van der Waals surface area contributed by atoms with Gasteiger partial charge in [0.05, 0.1) is 0 Å². The fourth-order valence-corrected chi connectivity index (χ4v) is 3.05. The van der Waals surface area contributed by atoms with Gasteiger partial charge in [0.2, 0.25) is 0 Å². The maximum atomic E-state index is 6.23. The summed E-state index contributed by atoms with van der Waals surface area (Å²) in [6, 6.07) is 8.82. The van der Waals surface area contributed by atoms with Crippen LogP contribution >= 0.6 is 11.6 Å².